The molecule has 168 valence electrons. The number of aromatic nitrogens is 2. The largest absolute Gasteiger partial charge is 0.489 e. The molecule has 0 saturated carbocycles. The highest BCUT2D eigenvalue weighted by molar-refractivity contribution is 6.37. The van der Waals surface area contributed by atoms with Crippen molar-refractivity contribution in [2.24, 2.45) is 0 Å². The average Bonchev–Trinajstić information content (AvgIpc) is 3.03. The van der Waals surface area contributed by atoms with Gasteiger partial charge in [-0.05, 0) is 29.5 Å². The second-order valence-corrected chi connectivity index (χ2v) is 9.46. The molecule has 34 heavy (non-hydrogen) atoms. The fourth-order valence-electron chi connectivity index (χ4n) is 5.70. The molecule has 0 radical (unpaired) electrons. The lowest BCUT2D eigenvalue weighted by molar-refractivity contribution is 0.138. The number of nitrogens with zero attached hydrogens (tertiary/aromatic N) is 3. The monoisotopic (exact) mass is 468 g/mol. The molecule has 0 amide bonds. The second-order valence-electron chi connectivity index (χ2n) is 9.09. The molecule has 4 aromatic rings. The zero-order chi connectivity index (χ0) is 23.0. The third-order valence-electron chi connectivity index (χ3n) is 7.31. The van der Waals surface area contributed by atoms with Crippen molar-refractivity contribution in [1.82, 2.24) is 15.3 Å². The van der Waals surface area contributed by atoms with Crippen LogP contribution < -0.4 is 19.7 Å². The number of piperazine rings is 1. The van der Waals surface area contributed by atoms with E-state index in [1.807, 2.05) is 30.3 Å². The van der Waals surface area contributed by atoms with Gasteiger partial charge in [-0.3, -0.25) is 0 Å². The Morgan fingerprint density at radius 1 is 1.18 bits per heavy atom. The number of hydrogen-bond donors (Lipinski definition) is 1. The molecule has 5 heterocycles. The fourth-order valence-corrected chi connectivity index (χ4v) is 6.01. The molecule has 0 aliphatic carbocycles. The second kappa shape index (κ2) is 7.23. The van der Waals surface area contributed by atoms with Crippen LogP contribution in [0.3, 0.4) is 0 Å². The van der Waals surface area contributed by atoms with Crippen molar-refractivity contribution in [3.63, 3.8) is 0 Å². The summed E-state index contributed by atoms with van der Waals surface area (Å²) in [4.78, 5) is 11.8. The first-order chi connectivity index (χ1) is 16.7. The Hall–Kier alpha value is -3.53. The summed E-state index contributed by atoms with van der Waals surface area (Å²) in [5.74, 6) is 4.27. The molecule has 3 atom stereocenters. The maximum atomic E-state index is 7.12. The standard InChI is InChI=1S/C27H21ClN4O2/c1-3-14-6-4-7-15-8-5-9-17(22(14)15)18-11-20-23-25(24(18)28)34-13-21-19-10-16(29-19)12-32(21)26(23)31-27(30-20)33-2/h1,4-9,11,16,19,21,29H,10,12-13H2,2H3. The Morgan fingerprint density at radius 3 is 2.79 bits per heavy atom. The van der Waals surface area contributed by atoms with Crippen molar-refractivity contribution in [2.75, 3.05) is 25.2 Å². The van der Waals surface area contributed by atoms with Crippen LogP contribution in [0.4, 0.5) is 5.82 Å². The summed E-state index contributed by atoms with van der Waals surface area (Å²) >= 11 is 7.12. The minimum absolute atomic E-state index is 0.172. The van der Waals surface area contributed by atoms with Gasteiger partial charge in [0.15, 0.2) is 5.75 Å². The van der Waals surface area contributed by atoms with Crippen molar-refractivity contribution in [3.05, 3.63) is 53.1 Å². The minimum atomic E-state index is 0.172. The summed E-state index contributed by atoms with van der Waals surface area (Å²) in [6, 6.07) is 15.4. The Balaban J connectivity index is 1.53. The predicted octanol–water partition coefficient (Wildman–Crippen LogP) is 4.40. The quantitative estimate of drug-likeness (QED) is 0.440. The van der Waals surface area contributed by atoms with E-state index in [9.17, 15) is 0 Å². The zero-order valence-corrected chi connectivity index (χ0v) is 19.3. The molecule has 1 N–H and O–H groups in total. The summed E-state index contributed by atoms with van der Waals surface area (Å²) in [6.07, 6.45) is 7.01. The molecule has 4 aliphatic rings. The van der Waals surface area contributed by atoms with Crippen LogP contribution in [0.1, 0.15) is 12.0 Å². The van der Waals surface area contributed by atoms with E-state index < -0.39 is 0 Å². The van der Waals surface area contributed by atoms with Crippen LogP contribution in [0.25, 0.3) is 32.8 Å². The lowest BCUT2D eigenvalue weighted by atomic mass is 9.84. The van der Waals surface area contributed by atoms with Crippen LogP contribution in [0.2, 0.25) is 5.02 Å². The zero-order valence-electron chi connectivity index (χ0n) is 18.5. The van der Waals surface area contributed by atoms with Crippen LogP contribution in [-0.4, -0.2) is 48.4 Å². The summed E-state index contributed by atoms with van der Waals surface area (Å²) in [6.45, 7) is 1.39. The van der Waals surface area contributed by atoms with Crippen molar-refractivity contribution >= 4 is 39.1 Å². The van der Waals surface area contributed by atoms with Crippen LogP contribution in [0.15, 0.2) is 42.5 Å². The molecular weight excluding hydrogens is 448 g/mol. The van der Waals surface area contributed by atoms with Crippen LogP contribution >= 0.6 is 11.6 Å². The molecule has 8 rings (SSSR count). The van der Waals surface area contributed by atoms with Gasteiger partial charge in [0.2, 0.25) is 0 Å². The Morgan fingerprint density at radius 2 is 2.00 bits per heavy atom. The van der Waals surface area contributed by atoms with Gasteiger partial charge in [-0.1, -0.05) is 47.9 Å². The molecule has 3 aromatic carbocycles. The maximum Gasteiger partial charge on any atom is 0.318 e. The van der Waals surface area contributed by atoms with Gasteiger partial charge in [-0.15, -0.1) is 6.42 Å². The van der Waals surface area contributed by atoms with E-state index in [1.165, 1.54) is 0 Å². The summed E-state index contributed by atoms with van der Waals surface area (Å²) in [7, 11) is 1.59. The topological polar surface area (TPSA) is 59.5 Å². The highest BCUT2D eigenvalue weighted by atomic mass is 35.5. The molecule has 3 saturated heterocycles. The summed E-state index contributed by atoms with van der Waals surface area (Å²) in [5, 5.41) is 7.04. The molecular formula is C27H21ClN4O2. The molecule has 7 heteroatoms. The van der Waals surface area contributed by atoms with Gasteiger partial charge in [0.05, 0.1) is 29.1 Å². The van der Waals surface area contributed by atoms with E-state index in [-0.39, 0.29) is 6.04 Å². The number of anilines is 1. The number of hydrogen-bond acceptors (Lipinski definition) is 6. The van der Waals surface area contributed by atoms with Crippen LogP contribution in [-0.2, 0) is 0 Å². The van der Waals surface area contributed by atoms with E-state index >= 15 is 0 Å². The van der Waals surface area contributed by atoms with Crippen LogP contribution in [0.5, 0.6) is 11.8 Å². The number of methoxy groups -OCH3 is 1. The highest BCUT2D eigenvalue weighted by Crippen LogP contribution is 2.49. The molecule has 1 aromatic heterocycles. The number of halogens is 1. The van der Waals surface area contributed by atoms with Gasteiger partial charge < -0.3 is 19.7 Å². The van der Waals surface area contributed by atoms with Gasteiger partial charge in [-0.2, -0.15) is 9.97 Å². The Kier molecular flexibility index (Phi) is 4.23. The number of piperidine rings is 1. The van der Waals surface area contributed by atoms with Crippen LogP contribution in [0, 0.1) is 12.3 Å². The lowest BCUT2D eigenvalue weighted by Crippen LogP contribution is -2.73. The van der Waals surface area contributed by atoms with Gasteiger partial charge in [0, 0.05) is 35.1 Å². The number of ether oxygens (including phenoxy) is 2. The van der Waals surface area contributed by atoms with E-state index in [1.54, 1.807) is 7.11 Å². The molecule has 6 nitrogen and oxygen atoms in total. The van der Waals surface area contributed by atoms with E-state index in [0.717, 1.165) is 57.1 Å². The van der Waals surface area contributed by atoms with Crippen molar-refractivity contribution in [2.45, 2.75) is 24.5 Å². The third-order valence-corrected chi connectivity index (χ3v) is 7.69. The number of fused-ring (bicyclic) bond motifs is 1. The normalized spacial score (nSPS) is 22.4. The predicted molar refractivity (Wildman–Crippen MR) is 134 cm³/mol. The molecule has 0 spiro atoms. The first-order valence-corrected chi connectivity index (χ1v) is 11.8. The molecule has 3 fully saturated rings. The maximum absolute atomic E-state index is 7.12. The van der Waals surface area contributed by atoms with Crippen molar-refractivity contribution in [1.29, 1.82) is 0 Å². The summed E-state index contributed by atoms with van der Waals surface area (Å²) in [5.41, 5.74) is 3.33. The Bertz CT molecular complexity index is 1530. The fraction of sp³-hybridized carbons (Fsp3) is 0.259. The first kappa shape index (κ1) is 19.9. The van der Waals surface area contributed by atoms with E-state index in [4.69, 9.17) is 37.5 Å². The third kappa shape index (κ3) is 2.68. The number of rotatable bonds is 2. The number of benzene rings is 3. The van der Waals surface area contributed by atoms with Gasteiger partial charge in [0.1, 0.15) is 12.4 Å². The Labute approximate surface area is 201 Å². The van der Waals surface area contributed by atoms with Crippen molar-refractivity contribution < 1.29 is 9.47 Å². The van der Waals surface area contributed by atoms with E-state index in [2.05, 4.69) is 28.3 Å². The molecule has 2 bridgehead atoms. The van der Waals surface area contributed by atoms with Crippen molar-refractivity contribution in [3.8, 4) is 35.2 Å². The number of terminal acetylenes is 1. The smallest absolute Gasteiger partial charge is 0.318 e. The molecule has 4 aliphatic heterocycles. The van der Waals surface area contributed by atoms with Gasteiger partial charge in [0.25, 0.3) is 0 Å². The minimum Gasteiger partial charge on any atom is -0.489 e. The molecule has 3 unspecified atom stereocenters. The lowest BCUT2D eigenvalue weighted by Gasteiger charge is -2.53. The average molecular weight is 469 g/mol. The number of nitrogens with one attached hydrogen (secondary N) is 1. The highest BCUT2D eigenvalue weighted by Gasteiger charge is 2.47. The van der Waals surface area contributed by atoms with Gasteiger partial charge >= 0.3 is 6.01 Å². The van der Waals surface area contributed by atoms with Gasteiger partial charge in [-0.25, -0.2) is 0 Å². The SMILES string of the molecule is C#Cc1cccc2cccc(-c3cc4nc(OC)nc5c4c(c3Cl)OCC3C4CC(CN53)N4)c12. The van der Waals surface area contributed by atoms with E-state index in [0.29, 0.717) is 35.5 Å². The summed E-state index contributed by atoms with van der Waals surface area (Å²) < 4.78 is 12.0. The first-order valence-electron chi connectivity index (χ1n) is 11.4.